The van der Waals surface area contributed by atoms with Crippen LogP contribution in [0.5, 0.6) is 0 Å². The minimum Gasteiger partial charge on any atom is -0.394 e. The maximum absolute atomic E-state index is 11.4. The molecule has 12 nitrogen and oxygen atoms in total. The molecule has 0 aromatic carbocycles. The van der Waals surface area contributed by atoms with Crippen LogP contribution in [0.3, 0.4) is 0 Å². The molecule has 10 atom stereocenters. The molecule has 2 heterocycles. The van der Waals surface area contributed by atoms with Crippen molar-refractivity contribution in [2.24, 2.45) is 0 Å². The summed E-state index contributed by atoms with van der Waals surface area (Å²) in [4.78, 5) is 11.4. The van der Waals surface area contributed by atoms with E-state index >= 15 is 0 Å². The molecule has 2 fully saturated rings. The van der Waals surface area contributed by atoms with E-state index in [1.165, 1.54) is 0 Å². The lowest BCUT2D eigenvalue weighted by atomic mass is 9.95. The van der Waals surface area contributed by atoms with E-state index in [-0.39, 0.29) is 0 Å². The zero-order valence-electron chi connectivity index (χ0n) is 14.7. The highest BCUT2D eigenvalue weighted by molar-refractivity contribution is 5.73. The zero-order valence-corrected chi connectivity index (χ0v) is 13.7. The summed E-state index contributed by atoms with van der Waals surface area (Å²) in [5.41, 5.74) is 0. The number of amides is 1. The van der Waals surface area contributed by atoms with E-state index in [0.717, 1.165) is 0 Å². The fourth-order valence-electron chi connectivity index (χ4n) is 2.93. The monoisotopic (exact) mass is 384 g/mol. The largest absolute Gasteiger partial charge is 0.394 e. The highest BCUT2D eigenvalue weighted by Crippen LogP contribution is 2.28. The van der Waals surface area contributed by atoms with Gasteiger partial charge in [0.25, 0.3) is 0 Å². The molecule has 2 rings (SSSR count). The Balaban J connectivity index is 2.16. The van der Waals surface area contributed by atoms with E-state index in [0.29, 0.717) is 0 Å². The number of hydrogen-bond acceptors (Lipinski definition) is 11. The summed E-state index contributed by atoms with van der Waals surface area (Å²) in [5.74, 6) is -0.810. The van der Waals surface area contributed by atoms with Crippen molar-refractivity contribution >= 4 is 5.91 Å². The summed E-state index contributed by atoms with van der Waals surface area (Å²) in [6, 6.07) is -1.40. The van der Waals surface area contributed by atoms with Gasteiger partial charge in [0, 0.05) is 8.27 Å². The first-order chi connectivity index (χ1) is 12.7. The van der Waals surface area contributed by atoms with Gasteiger partial charge >= 0.3 is 0 Å². The second-order valence-electron chi connectivity index (χ2n) is 6.13. The molecule has 0 radical (unpaired) electrons. The van der Waals surface area contributed by atoms with Gasteiger partial charge in [-0.2, -0.15) is 0 Å². The quantitative estimate of drug-likeness (QED) is 0.225. The van der Waals surface area contributed by atoms with E-state index in [1.807, 2.05) is 0 Å². The first-order valence-electron chi connectivity index (χ1n) is 8.62. The molecule has 12 heteroatoms. The van der Waals surface area contributed by atoms with Gasteiger partial charge < -0.3 is 55.3 Å². The molecule has 0 spiro atoms. The number of aliphatic hydroxyl groups is 7. The summed E-state index contributed by atoms with van der Waals surface area (Å²) < 4.78 is 22.7. The second kappa shape index (κ2) is 8.84. The van der Waals surface area contributed by atoms with E-state index < -0.39 is 87.4 Å². The van der Waals surface area contributed by atoms with Gasteiger partial charge in [-0.3, -0.25) is 4.79 Å². The molecule has 2 unspecified atom stereocenters. The third-order valence-electron chi connectivity index (χ3n) is 4.34. The normalized spacial score (nSPS) is 47.3. The summed E-state index contributed by atoms with van der Waals surface area (Å²) >= 11 is 0. The summed E-state index contributed by atoms with van der Waals surface area (Å²) in [6.07, 6.45) is -14.1. The van der Waals surface area contributed by atoms with Crippen LogP contribution in [0, 0.1) is 0 Å². The van der Waals surface area contributed by atoms with Crippen molar-refractivity contribution in [3.63, 3.8) is 0 Å². The minimum absolute atomic E-state index is 0.669. The van der Waals surface area contributed by atoms with Gasteiger partial charge in [-0.25, -0.2) is 0 Å². The van der Waals surface area contributed by atoms with Gasteiger partial charge in [0.15, 0.2) is 12.6 Å². The first kappa shape index (κ1) is 19.8. The van der Waals surface area contributed by atoms with Gasteiger partial charge in [-0.05, 0) is 0 Å². The van der Waals surface area contributed by atoms with Crippen LogP contribution in [0.1, 0.15) is 8.27 Å². The molecule has 152 valence electrons. The van der Waals surface area contributed by atoms with Crippen LogP contribution >= 0.6 is 0 Å². The van der Waals surface area contributed by atoms with Crippen LogP contribution in [0.2, 0.25) is 0 Å². The number of rotatable bonds is 5. The number of nitrogens with one attached hydrogen (secondary N) is 1. The van der Waals surface area contributed by atoms with Crippen LogP contribution in [-0.4, -0.2) is 116 Å². The number of hydrogen-bond donors (Lipinski definition) is 8. The molecule has 2 aliphatic heterocycles. The Bertz CT molecular complexity index is 498. The fourth-order valence-corrected chi connectivity index (χ4v) is 2.93. The van der Waals surface area contributed by atoms with Crippen molar-refractivity contribution < 1.29 is 56.1 Å². The predicted molar refractivity (Wildman–Crippen MR) is 80.2 cm³/mol. The lowest BCUT2D eigenvalue weighted by Gasteiger charge is -2.46. The molecule has 2 saturated heterocycles. The molecule has 2 aliphatic rings. The Morgan fingerprint density at radius 1 is 1.00 bits per heavy atom. The topological polar surface area (TPSA) is 198 Å². The number of carbonyl (C=O) groups is 1. The maximum atomic E-state index is 11.4. The Hall–Kier alpha value is -0.930. The predicted octanol–water partition coefficient (Wildman–Crippen LogP) is -5.25. The van der Waals surface area contributed by atoms with Crippen molar-refractivity contribution in [2.45, 2.75) is 68.2 Å². The van der Waals surface area contributed by atoms with Gasteiger partial charge in [-0.1, -0.05) is 0 Å². The van der Waals surface area contributed by atoms with Crippen molar-refractivity contribution in [1.29, 1.82) is 0 Å². The number of aliphatic hydroxyl groups excluding tert-OH is 7. The molecule has 8 N–H and O–H groups in total. The fraction of sp³-hybridized carbons (Fsp3) is 0.929. The number of carbonyl (C=O) groups excluding carboxylic acids is 1. The van der Waals surface area contributed by atoms with Gasteiger partial charge in [-0.15, -0.1) is 0 Å². The molecule has 0 bridgehead atoms. The van der Waals surface area contributed by atoms with Crippen LogP contribution < -0.4 is 5.32 Å². The maximum Gasteiger partial charge on any atom is 0.217 e. The Kier molecular flexibility index (Phi) is 6.74. The van der Waals surface area contributed by atoms with E-state index in [9.17, 15) is 40.5 Å². The average molecular weight is 384 g/mol. The molecule has 0 saturated carbocycles. The highest BCUT2D eigenvalue weighted by atomic mass is 16.7. The molecular weight excluding hydrogens is 358 g/mol. The average Bonchev–Trinajstić information content (AvgIpc) is 2.66. The van der Waals surface area contributed by atoms with E-state index in [2.05, 4.69) is 5.32 Å². The highest BCUT2D eigenvalue weighted by Gasteiger charge is 2.50. The summed E-state index contributed by atoms with van der Waals surface area (Å²) in [7, 11) is 0. The second-order valence-corrected chi connectivity index (χ2v) is 6.13. The SMILES string of the molecule is [2H]CC(=O)N[C@H]1C(O)O[C@H](CO)[C@@H](OC2O[C@H](CO)[C@H](O)[C@H](O)[C@H]2O)[C@@H]1O. The van der Waals surface area contributed by atoms with Gasteiger partial charge in [0.05, 0.1) is 13.2 Å². The third-order valence-corrected chi connectivity index (χ3v) is 4.34. The van der Waals surface area contributed by atoms with Crippen LogP contribution in [-0.2, 0) is 19.0 Å². The third kappa shape index (κ3) is 4.31. The zero-order chi connectivity index (χ0) is 20.3. The smallest absolute Gasteiger partial charge is 0.217 e. The standard InChI is InChI=1S/C14H25NO11/c1-4(18)15-7-9(20)12(6(3-17)24-13(7)23)26-14-11(22)10(21)8(19)5(2-16)25-14/h5-14,16-17,19-23H,2-3H2,1H3,(H,15,18)/t5-,6-,7-,8+,9-,10+,11-,12-,13?,14?/m1/s1/i1D. The van der Waals surface area contributed by atoms with Crippen molar-refractivity contribution in [3.05, 3.63) is 0 Å². The van der Waals surface area contributed by atoms with E-state index in [1.54, 1.807) is 0 Å². The van der Waals surface area contributed by atoms with Gasteiger partial charge in [0.2, 0.25) is 5.91 Å². The minimum atomic E-state index is -1.76. The summed E-state index contributed by atoms with van der Waals surface area (Å²) in [6.45, 7) is -2.08. The first-order valence-corrected chi connectivity index (χ1v) is 7.92. The molecule has 0 aliphatic carbocycles. The molecular formula is C14H25NO11. The Morgan fingerprint density at radius 3 is 2.23 bits per heavy atom. The van der Waals surface area contributed by atoms with Crippen molar-refractivity contribution in [3.8, 4) is 0 Å². The molecule has 0 aromatic rings. The molecule has 26 heavy (non-hydrogen) atoms. The summed E-state index contributed by atoms with van der Waals surface area (Å²) in [5, 5.41) is 70.8. The van der Waals surface area contributed by atoms with Crippen LogP contribution in [0.15, 0.2) is 0 Å². The van der Waals surface area contributed by atoms with E-state index in [4.69, 9.17) is 15.6 Å². The lowest BCUT2D eigenvalue weighted by molar-refractivity contribution is -0.345. The molecule has 1 amide bonds. The lowest BCUT2D eigenvalue weighted by Crippen LogP contribution is -2.67. The number of ether oxygens (including phenoxy) is 3. The van der Waals surface area contributed by atoms with Crippen molar-refractivity contribution in [2.75, 3.05) is 13.2 Å². The van der Waals surface area contributed by atoms with Gasteiger partial charge in [0.1, 0.15) is 48.8 Å². The Morgan fingerprint density at radius 2 is 1.65 bits per heavy atom. The van der Waals surface area contributed by atoms with Crippen molar-refractivity contribution in [1.82, 2.24) is 5.32 Å². The molecule has 0 aromatic heterocycles. The van der Waals surface area contributed by atoms with Crippen LogP contribution in [0.4, 0.5) is 0 Å². The van der Waals surface area contributed by atoms with Crippen LogP contribution in [0.25, 0.3) is 0 Å². The Labute approximate surface area is 149 Å².